The van der Waals surface area contributed by atoms with Crippen LogP contribution in [-0.4, -0.2) is 23.1 Å². The molecule has 0 unspecified atom stereocenters. The summed E-state index contributed by atoms with van der Waals surface area (Å²) in [6.45, 7) is 0. The number of rotatable bonds is 9. The van der Waals surface area contributed by atoms with Crippen LogP contribution in [0.3, 0.4) is 0 Å². The number of allylic oxidation sites excluding steroid dienone is 4. The van der Waals surface area contributed by atoms with Gasteiger partial charge in [-0.25, -0.2) is 0 Å². The van der Waals surface area contributed by atoms with Crippen LogP contribution in [-0.2, 0) is 20.8 Å². The van der Waals surface area contributed by atoms with Crippen molar-refractivity contribution in [2.45, 2.75) is 19.3 Å². The predicted molar refractivity (Wildman–Crippen MR) is 101 cm³/mol. The molecule has 2 aromatic rings. The zero-order valence-corrected chi connectivity index (χ0v) is 14.3. The minimum absolute atomic E-state index is 0.120. The normalized spacial score (nSPS) is 11.5. The van der Waals surface area contributed by atoms with Crippen LogP contribution in [0, 0.1) is 0 Å². The number of hydrogen-bond acceptors (Lipinski definition) is 3. The van der Waals surface area contributed by atoms with Gasteiger partial charge in [-0.2, -0.15) is 0 Å². The SMILES string of the molecule is O=C/C=C(\C=C/Cc1ccc(-c2ccccc2)cc1)C(=O)CCC(=O)O. The molecule has 0 amide bonds. The molecule has 4 heteroatoms. The number of aldehydes is 1. The number of aliphatic carboxylic acids is 1. The summed E-state index contributed by atoms with van der Waals surface area (Å²) in [6.07, 6.45) is 5.31. The summed E-state index contributed by atoms with van der Waals surface area (Å²) in [5.74, 6) is -1.39. The van der Waals surface area contributed by atoms with Gasteiger partial charge in [0.2, 0.25) is 0 Å². The molecule has 0 spiro atoms. The average molecular weight is 348 g/mol. The Morgan fingerprint density at radius 2 is 1.54 bits per heavy atom. The number of carbonyl (C=O) groups is 3. The summed E-state index contributed by atoms with van der Waals surface area (Å²) < 4.78 is 0. The van der Waals surface area contributed by atoms with Gasteiger partial charge in [0.25, 0.3) is 0 Å². The Kier molecular flexibility index (Phi) is 7.25. The van der Waals surface area contributed by atoms with Crippen LogP contribution in [0.2, 0.25) is 0 Å². The molecule has 0 heterocycles. The van der Waals surface area contributed by atoms with Crippen molar-refractivity contribution in [2.75, 3.05) is 0 Å². The molecular formula is C22H20O4. The van der Waals surface area contributed by atoms with Crippen LogP contribution in [0.4, 0.5) is 0 Å². The topological polar surface area (TPSA) is 71.4 Å². The lowest BCUT2D eigenvalue weighted by Gasteiger charge is -2.03. The molecule has 0 aliphatic carbocycles. The standard InChI is InChI=1S/C22H20O4/c23-16-15-20(21(24)13-14-22(25)26)8-4-5-17-9-11-19(12-10-17)18-6-2-1-3-7-18/h1-4,6-12,15-16H,5,13-14H2,(H,25,26)/b8-4-,20-15+. The molecule has 0 saturated heterocycles. The number of carboxylic acids is 1. The van der Waals surface area contributed by atoms with Crippen molar-refractivity contribution in [2.24, 2.45) is 0 Å². The van der Waals surface area contributed by atoms with Gasteiger partial charge in [-0.05, 0) is 29.2 Å². The third kappa shape index (κ3) is 5.98. The molecule has 132 valence electrons. The molecule has 0 fully saturated rings. The van der Waals surface area contributed by atoms with Crippen molar-refractivity contribution < 1.29 is 19.5 Å². The van der Waals surface area contributed by atoms with E-state index in [1.165, 1.54) is 6.08 Å². The summed E-state index contributed by atoms with van der Waals surface area (Å²) in [4.78, 5) is 33.2. The van der Waals surface area contributed by atoms with E-state index < -0.39 is 5.97 Å². The summed E-state index contributed by atoms with van der Waals surface area (Å²) in [7, 11) is 0. The first-order chi connectivity index (χ1) is 12.6. The van der Waals surface area contributed by atoms with Crippen LogP contribution in [0.5, 0.6) is 0 Å². The molecule has 0 atom stereocenters. The van der Waals surface area contributed by atoms with Gasteiger partial charge in [0.05, 0.1) is 6.42 Å². The van der Waals surface area contributed by atoms with Crippen molar-refractivity contribution in [1.29, 1.82) is 0 Å². The third-order valence-electron chi connectivity index (χ3n) is 3.85. The van der Waals surface area contributed by atoms with E-state index in [2.05, 4.69) is 0 Å². The zero-order valence-electron chi connectivity index (χ0n) is 14.3. The number of carboxylic acid groups (broad SMARTS) is 1. The second kappa shape index (κ2) is 9.89. The average Bonchev–Trinajstić information content (AvgIpc) is 2.66. The van der Waals surface area contributed by atoms with Crippen LogP contribution >= 0.6 is 0 Å². The largest absolute Gasteiger partial charge is 0.481 e. The molecule has 0 aliphatic heterocycles. The maximum absolute atomic E-state index is 11.9. The zero-order chi connectivity index (χ0) is 18.8. The van der Waals surface area contributed by atoms with Crippen molar-refractivity contribution in [3.63, 3.8) is 0 Å². The van der Waals surface area contributed by atoms with Gasteiger partial charge in [-0.1, -0.05) is 66.7 Å². The summed E-state index contributed by atoms with van der Waals surface area (Å²) >= 11 is 0. The Morgan fingerprint density at radius 1 is 0.885 bits per heavy atom. The minimum Gasteiger partial charge on any atom is -0.481 e. The number of carbonyl (C=O) groups excluding carboxylic acids is 2. The fourth-order valence-corrected chi connectivity index (χ4v) is 2.47. The van der Waals surface area contributed by atoms with Crippen molar-refractivity contribution in [1.82, 2.24) is 0 Å². The summed E-state index contributed by atoms with van der Waals surface area (Å²) in [5, 5.41) is 8.64. The van der Waals surface area contributed by atoms with Crippen molar-refractivity contribution in [3.8, 4) is 11.1 Å². The highest BCUT2D eigenvalue weighted by molar-refractivity contribution is 6.01. The number of benzene rings is 2. The monoisotopic (exact) mass is 348 g/mol. The van der Waals surface area contributed by atoms with Gasteiger partial charge in [0, 0.05) is 12.0 Å². The molecule has 1 N–H and O–H groups in total. The van der Waals surface area contributed by atoms with Gasteiger partial charge in [-0.15, -0.1) is 0 Å². The molecule has 0 aromatic heterocycles. The van der Waals surface area contributed by atoms with E-state index in [9.17, 15) is 14.4 Å². The van der Waals surface area contributed by atoms with E-state index in [0.717, 1.165) is 16.7 Å². The highest BCUT2D eigenvalue weighted by Gasteiger charge is 2.08. The lowest BCUT2D eigenvalue weighted by molar-refractivity contribution is -0.138. The molecular weight excluding hydrogens is 328 g/mol. The van der Waals surface area contributed by atoms with Crippen molar-refractivity contribution >= 4 is 18.0 Å². The van der Waals surface area contributed by atoms with Gasteiger partial charge in [0.15, 0.2) is 5.78 Å². The van der Waals surface area contributed by atoms with E-state index in [0.29, 0.717) is 12.7 Å². The minimum atomic E-state index is -1.04. The van der Waals surface area contributed by atoms with E-state index in [-0.39, 0.29) is 24.2 Å². The fraction of sp³-hybridized carbons (Fsp3) is 0.136. The smallest absolute Gasteiger partial charge is 0.303 e. The Balaban J connectivity index is 1.99. The second-order valence-electron chi connectivity index (χ2n) is 5.74. The molecule has 0 aliphatic rings. The van der Waals surface area contributed by atoms with Gasteiger partial charge < -0.3 is 5.11 Å². The Bertz CT molecular complexity index is 815. The van der Waals surface area contributed by atoms with E-state index >= 15 is 0 Å². The number of ketones is 1. The van der Waals surface area contributed by atoms with Crippen molar-refractivity contribution in [3.05, 3.63) is 84.0 Å². The third-order valence-corrected chi connectivity index (χ3v) is 3.85. The molecule has 0 radical (unpaired) electrons. The highest BCUT2D eigenvalue weighted by atomic mass is 16.4. The lowest BCUT2D eigenvalue weighted by Crippen LogP contribution is -2.05. The Labute approximate surface area is 152 Å². The maximum atomic E-state index is 11.9. The quantitative estimate of drug-likeness (QED) is 0.422. The van der Waals surface area contributed by atoms with E-state index in [1.54, 1.807) is 12.2 Å². The molecule has 0 bridgehead atoms. The summed E-state index contributed by atoms with van der Waals surface area (Å²) in [6, 6.07) is 18.2. The van der Waals surface area contributed by atoms with Crippen LogP contribution in [0.15, 0.2) is 78.4 Å². The highest BCUT2D eigenvalue weighted by Crippen LogP contribution is 2.19. The van der Waals surface area contributed by atoms with Crippen LogP contribution < -0.4 is 0 Å². The second-order valence-corrected chi connectivity index (χ2v) is 5.74. The maximum Gasteiger partial charge on any atom is 0.303 e. The number of Topliss-reactive ketones (excluding diaryl/α,β-unsaturated/α-hetero) is 1. The first kappa shape index (κ1) is 19.1. The first-order valence-electron chi connectivity index (χ1n) is 8.31. The first-order valence-corrected chi connectivity index (χ1v) is 8.31. The van der Waals surface area contributed by atoms with Crippen LogP contribution in [0.25, 0.3) is 11.1 Å². The summed E-state index contributed by atoms with van der Waals surface area (Å²) in [5.41, 5.74) is 3.57. The van der Waals surface area contributed by atoms with Gasteiger partial charge >= 0.3 is 5.97 Å². The predicted octanol–water partition coefficient (Wildman–Crippen LogP) is 4.01. The van der Waals surface area contributed by atoms with E-state index in [1.807, 2.05) is 54.6 Å². The molecule has 2 rings (SSSR count). The van der Waals surface area contributed by atoms with Gasteiger partial charge in [0.1, 0.15) is 6.29 Å². The Hall–Kier alpha value is -3.27. The molecule has 0 saturated carbocycles. The molecule has 2 aromatic carbocycles. The molecule has 4 nitrogen and oxygen atoms in total. The molecule has 26 heavy (non-hydrogen) atoms. The number of hydrogen-bond donors (Lipinski definition) is 1. The van der Waals surface area contributed by atoms with Crippen LogP contribution in [0.1, 0.15) is 18.4 Å². The fourth-order valence-electron chi connectivity index (χ4n) is 2.47. The Morgan fingerprint density at radius 3 is 2.15 bits per heavy atom. The van der Waals surface area contributed by atoms with Gasteiger partial charge in [-0.3, -0.25) is 14.4 Å². The lowest BCUT2D eigenvalue weighted by atomic mass is 10.0. The van der Waals surface area contributed by atoms with E-state index in [4.69, 9.17) is 5.11 Å².